The van der Waals surface area contributed by atoms with E-state index in [0.29, 0.717) is 11.1 Å². The number of furan rings is 1. The van der Waals surface area contributed by atoms with Gasteiger partial charge in [0.2, 0.25) is 0 Å². The maximum Gasteiger partial charge on any atom is 0.135 e. The van der Waals surface area contributed by atoms with Gasteiger partial charge in [-0.25, -0.2) is 0 Å². The fourth-order valence-corrected chi connectivity index (χ4v) is 7.09. The van der Waals surface area contributed by atoms with Crippen molar-refractivity contribution < 1.29 is 4.42 Å². The zero-order valence-corrected chi connectivity index (χ0v) is 25.7. The first-order valence-corrected chi connectivity index (χ1v) is 15.8. The van der Waals surface area contributed by atoms with Crippen molar-refractivity contribution in [2.45, 2.75) is 0 Å². The van der Waals surface area contributed by atoms with E-state index in [4.69, 9.17) is 4.42 Å². The Morgan fingerprint density at radius 2 is 1.15 bits per heavy atom. The molecule has 0 amide bonds. The summed E-state index contributed by atoms with van der Waals surface area (Å²) in [6.07, 6.45) is 0. The van der Waals surface area contributed by atoms with Gasteiger partial charge in [0.25, 0.3) is 0 Å². The van der Waals surface area contributed by atoms with E-state index in [1.54, 1.807) is 0 Å². The van der Waals surface area contributed by atoms with Crippen LogP contribution in [0.5, 0.6) is 0 Å². The number of rotatable bonds is 4. The number of aromatic nitrogens is 1. The molecule has 222 valence electrons. The third-order valence-corrected chi connectivity index (χ3v) is 9.25. The normalized spacial score (nSPS) is 11.3. The Labute approximate surface area is 276 Å². The summed E-state index contributed by atoms with van der Waals surface area (Å²) in [5.41, 5.74) is 11.9. The van der Waals surface area contributed by atoms with Crippen LogP contribution in [0.3, 0.4) is 0 Å². The molecular formula is C44H25N3O. The molecule has 2 aromatic heterocycles. The van der Waals surface area contributed by atoms with Gasteiger partial charge in [0.1, 0.15) is 11.2 Å². The number of hydrogen-bond acceptors (Lipinski definition) is 3. The second kappa shape index (κ2) is 10.9. The van der Waals surface area contributed by atoms with Crippen molar-refractivity contribution in [2.24, 2.45) is 0 Å². The summed E-state index contributed by atoms with van der Waals surface area (Å²) < 4.78 is 8.43. The molecule has 0 saturated carbocycles. The van der Waals surface area contributed by atoms with Crippen LogP contribution in [0, 0.1) is 22.7 Å². The van der Waals surface area contributed by atoms with Crippen molar-refractivity contribution in [2.75, 3.05) is 0 Å². The molecule has 2 heterocycles. The predicted octanol–water partition coefficient (Wildman–Crippen LogP) is 11.4. The number of hydrogen-bond donors (Lipinski definition) is 0. The highest BCUT2D eigenvalue weighted by Gasteiger charge is 2.19. The molecule has 4 heteroatoms. The highest BCUT2D eigenvalue weighted by molar-refractivity contribution is 6.17. The molecule has 0 spiro atoms. The first-order valence-electron chi connectivity index (χ1n) is 15.8. The molecule has 7 aromatic carbocycles. The second-order valence-electron chi connectivity index (χ2n) is 12.0. The molecule has 0 radical (unpaired) electrons. The largest absolute Gasteiger partial charge is 0.456 e. The molecular weight excluding hydrogens is 587 g/mol. The van der Waals surface area contributed by atoms with E-state index < -0.39 is 0 Å². The van der Waals surface area contributed by atoms with E-state index in [2.05, 4.69) is 108 Å². The van der Waals surface area contributed by atoms with Crippen molar-refractivity contribution in [3.63, 3.8) is 0 Å². The molecule has 0 fully saturated rings. The second-order valence-corrected chi connectivity index (χ2v) is 12.0. The van der Waals surface area contributed by atoms with E-state index in [0.717, 1.165) is 82.8 Å². The lowest BCUT2D eigenvalue weighted by Crippen LogP contribution is -1.93. The number of fused-ring (bicyclic) bond motifs is 6. The van der Waals surface area contributed by atoms with Crippen molar-refractivity contribution in [1.29, 1.82) is 10.5 Å². The van der Waals surface area contributed by atoms with Crippen LogP contribution in [0.25, 0.3) is 82.8 Å². The lowest BCUT2D eigenvalue weighted by Gasteiger charge is -2.11. The standard InChI is InChI=1S/C44H25N3O/c45-26-28-21-32(35-12-5-4-9-31(35)27-46)23-33(22-28)36-14-8-15-41-44(36)39-25-29(17-19-40(39)47(41)34-10-2-1-3-11-34)30-18-20-43-38(24-30)37-13-6-7-16-42(37)48-43/h1-25H. The summed E-state index contributed by atoms with van der Waals surface area (Å²) in [6, 6.07) is 56.1. The minimum absolute atomic E-state index is 0.542. The molecule has 4 nitrogen and oxygen atoms in total. The van der Waals surface area contributed by atoms with Gasteiger partial charge < -0.3 is 8.98 Å². The molecule has 0 bridgehead atoms. The van der Waals surface area contributed by atoms with Crippen LogP contribution in [0.2, 0.25) is 0 Å². The summed E-state index contributed by atoms with van der Waals surface area (Å²) in [6.45, 7) is 0. The van der Waals surface area contributed by atoms with Crippen LogP contribution in [0.1, 0.15) is 11.1 Å². The minimum atomic E-state index is 0.542. The van der Waals surface area contributed by atoms with Gasteiger partial charge in [0.15, 0.2) is 0 Å². The van der Waals surface area contributed by atoms with Crippen LogP contribution < -0.4 is 0 Å². The fraction of sp³-hybridized carbons (Fsp3) is 0. The summed E-state index contributed by atoms with van der Waals surface area (Å²) >= 11 is 0. The Balaban J connectivity index is 1.33. The van der Waals surface area contributed by atoms with Crippen LogP contribution in [-0.4, -0.2) is 4.57 Å². The Bertz CT molecular complexity index is 2810. The fourth-order valence-electron chi connectivity index (χ4n) is 7.09. The highest BCUT2D eigenvalue weighted by atomic mass is 16.3. The van der Waals surface area contributed by atoms with Gasteiger partial charge in [0, 0.05) is 27.2 Å². The SMILES string of the molecule is N#Cc1cc(-c2ccccc2C#N)cc(-c2cccc3c2c2cc(-c4ccc5oc6ccccc6c5c4)ccc2n3-c2ccccc2)c1. The van der Waals surface area contributed by atoms with Crippen LogP contribution in [0.15, 0.2) is 156 Å². The molecule has 9 rings (SSSR count). The number of nitriles is 2. The first kappa shape index (κ1) is 27.4. The number of benzene rings is 7. The summed E-state index contributed by atoms with van der Waals surface area (Å²) in [5.74, 6) is 0. The van der Waals surface area contributed by atoms with Crippen LogP contribution in [0.4, 0.5) is 0 Å². The van der Waals surface area contributed by atoms with Crippen molar-refractivity contribution in [3.8, 4) is 51.2 Å². The zero-order valence-electron chi connectivity index (χ0n) is 25.7. The maximum absolute atomic E-state index is 10.1. The van der Waals surface area contributed by atoms with Crippen molar-refractivity contribution in [1.82, 2.24) is 4.57 Å². The van der Waals surface area contributed by atoms with Crippen LogP contribution >= 0.6 is 0 Å². The summed E-state index contributed by atoms with van der Waals surface area (Å²) in [7, 11) is 0. The van der Waals surface area contributed by atoms with E-state index in [9.17, 15) is 10.5 Å². The molecule has 9 aromatic rings. The number of nitrogens with zero attached hydrogens (tertiary/aromatic N) is 3. The van der Waals surface area contributed by atoms with E-state index in [1.807, 2.05) is 60.7 Å². The average Bonchev–Trinajstić information content (AvgIpc) is 3.70. The highest BCUT2D eigenvalue weighted by Crippen LogP contribution is 2.42. The van der Waals surface area contributed by atoms with Gasteiger partial charge in [-0.1, -0.05) is 78.9 Å². The Morgan fingerprint density at radius 3 is 1.98 bits per heavy atom. The Morgan fingerprint density at radius 1 is 0.458 bits per heavy atom. The van der Waals surface area contributed by atoms with Gasteiger partial charge in [-0.15, -0.1) is 0 Å². The molecule has 48 heavy (non-hydrogen) atoms. The molecule has 0 aliphatic rings. The topological polar surface area (TPSA) is 65.7 Å². The van der Waals surface area contributed by atoms with E-state index >= 15 is 0 Å². The average molecular weight is 612 g/mol. The smallest absolute Gasteiger partial charge is 0.135 e. The van der Waals surface area contributed by atoms with Gasteiger partial charge >= 0.3 is 0 Å². The number of para-hydroxylation sites is 2. The van der Waals surface area contributed by atoms with Gasteiger partial charge in [-0.3, -0.25) is 0 Å². The molecule has 0 aliphatic heterocycles. The lowest BCUT2D eigenvalue weighted by atomic mass is 9.92. The Kier molecular flexibility index (Phi) is 6.22. The molecule has 0 aliphatic carbocycles. The van der Waals surface area contributed by atoms with Crippen molar-refractivity contribution in [3.05, 3.63) is 163 Å². The Hall–Kier alpha value is -6.88. The van der Waals surface area contributed by atoms with E-state index in [1.165, 1.54) is 0 Å². The third-order valence-electron chi connectivity index (χ3n) is 9.25. The summed E-state index contributed by atoms with van der Waals surface area (Å²) in [4.78, 5) is 0. The lowest BCUT2D eigenvalue weighted by molar-refractivity contribution is 0.669. The third kappa shape index (κ3) is 4.29. The molecule has 0 unspecified atom stereocenters. The predicted molar refractivity (Wildman–Crippen MR) is 194 cm³/mol. The van der Waals surface area contributed by atoms with Gasteiger partial charge in [0.05, 0.1) is 34.3 Å². The monoisotopic (exact) mass is 611 g/mol. The van der Waals surface area contributed by atoms with Gasteiger partial charge in [-0.05, 0) is 106 Å². The minimum Gasteiger partial charge on any atom is -0.456 e. The van der Waals surface area contributed by atoms with E-state index in [-0.39, 0.29) is 0 Å². The molecule has 0 N–H and O–H groups in total. The molecule has 0 atom stereocenters. The van der Waals surface area contributed by atoms with Crippen LogP contribution in [-0.2, 0) is 0 Å². The first-order chi connectivity index (χ1) is 23.7. The maximum atomic E-state index is 10.1. The van der Waals surface area contributed by atoms with Gasteiger partial charge in [-0.2, -0.15) is 10.5 Å². The quantitative estimate of drug-likeness (QED) is 0.199. The zero-order chi connectivity index (χ0) is 32.2. The molecule has 0 saturated heterocycles. The van der Waals surface area contributed by atoms with Crippen molar-refractivity contribution >= 4 is 43.7 Å². The summed E-state index contributed by atoms with van der Waals surface area (Å²) in [5, 5.41) is 24.4.